The van der Waals surface area contributed by atoms with Crippen LogP contribution in [0.1, 0.15) is 49.9 Å². The van der Waals surface area contributed by atoms with Crippen LogP contribution < -0.4 is 20.7 Å². The molecule has 4 heterocycles. The number of anilines is 6. The Hall–Kier alpha value is -6.08. The minimum Gasteiger partial charge on any atom is -0.310 e. The van der Waals surface area contributed by atoms with Crippen LogP contribution in [-0.4, -0.2) is 0 Å². The summed E-state index contributed by atoms with van der Waals surface area (Å²) in [5.41, 5.74) is 11.0. The maximum Gasteiger partial charge on any atom is 0.195 e. The van der Waals surface area contributed by atoms with Crippen molar-refractivity contribution in [1.29, 1.82) is 0 Å². The monoisotopic (exact) mass is 760 g/mol. The average Bonchev–Trinajstić information content (AvgIpc) is 3.21. The minimum absolute atomic E-state index is 0.0743. The normalized spacial score (nSPS) is 15.1. The second-order valence-corrected chi connectivity index (χ2v) is 18.2. The first-order chi connectivity index (χ1) is 27.1. The summed E-state index contributed by atoms with van der Waals surface area (Å²) in [6, 6.07) is 50.8. The van der Waals surface area contributed by atoms with Crippen LogP contribution in [0, 0.1) is 0 Å². The van der Waals surface area contributed by atoms with E-state index in [-0.39, 0.29) is 21.7 Å². The number of hydrogen-bond acceptors (Lipinski definition) is 6. The van der Waals surface area contributed by atoms with Crippen LogP contribution in [0.15, 0.2) is 155 Å². The van der Waals surface area contributed by atoms with E-state index in [9.17, 15) is 9.59 Å². The van der Waals surface area contributed by atoms with E-state index in [0.29, 0.717) is 0 Å². The van der Waals surface area contributed by atoms with E-state index in [2.05, 4.69) is 122 Å². The molecule has 0 N–H and O–H groups in total. The smallest absolute Gasteiger partial charge is 0.195 e. The van der Waals surface area contributed by atoms with E-state index in [1.165, 1.54) is 22.3 Å². The predicted molar refractivity (Wildman–Crippen MR) is 238 cm³/mol. The lowest BCUT2D eigenvalue weighted by Gasteiger charge is -2.47. The molecular weight excluding hydrogens is 725 g/mol. The van der Waals surface area contributed by atoms with Gasteiger partial charge in [0.2, 0.25) is 0 Å². The summed E-state index contributed by atoms with van der Waals surface area (Å²) in [5, 5.41) is 3.02. The predicted octanol–water partition coefficient (Wildman–Crippen LogP) is 13.4. The van der Waals surface area contributed by atoms with Crippen LogP contribution in [-0.2, 0) is 10.8 Å². The van der Waals surface area contributed by atoms with E-state index in [0.717, 1.165) is 74.5 Å². The highest BCUT2D eigenvalue weighted by molar-refractivity contribution is 7.25. The molecular formula is C50H36N2O2S2. The number of benzene rings is 7. The molecule has 7 aromatic carbocycles. The van der Waals surface area contributed by atoms with Crippen molar-refractivity contribution in [3.05, 3.63) is 188 Å². The second-order valence-electron chi connectivity index (χ2n) is 16.1. The Morgan fingerprint density at radius 3 is 1.20 bits per heavy atom. The Labute approximate surface area is 332 Å². The first kappa shape index (κ1) is 33.3. The van der Waals surface area contributed by atoms with Gasteiger partial charge in [-0.25, -0.2) is 0 Å². The largest absolute Gasteiger partial charge is 0.310 e. The molecule has 2 aliphatic rings. The molecule has 0 unspecified atom stereocenters. The SMILES string of the molecule is CC1(C)c2ccccc2N(c2ccc3c(=O)c4ccccc4sc3c2)c2cc3c(cc21)N(c1ccc2c(=O)c4ccccc4sc2c1)c1ccccc1C3(C)C. The van der Waals surface area contributed by atoms with Crippen molar-refractivity contribution in [3.8, 4) is 0 Å². The Morgan fingerprint density at radius 2 is 0.750 bits per heavy atom. The standard InChI is InChI=1S/C50H36N2O2S2/c1-49(2)35-15-7-9-17-39(35)51(29-21-23-33-45(25-29)55-43-19-11-5-13-31(43)47(33)53)41-28-38-42(27-37(41)49)52(40-18-10-8-16-36(40)50(38,3)4)30-22-24-34-46(26-30)56-44-20-12-6-14-32(44)48(34)54/h5-28H,1-4H3. The maximum atomic E-state index is 13.7. The van der Waals surface area contributed by atoms with E-state index in [1.807, 2.05) is 60.7 Å². The summed E-state index contributed by atoms with van der Waals surface area (Å²) < 4.78 is 3.93. The van der Waals surface area contributed by atoms with Gasteiger partial charge in [-0.15, -0.1) is 22.7 Å². The van der Waals surface area contributed by atoms with Crippen molar-refractivity contribution in [2.75, 3.05) is 9.80 Å². The molecule has 9 aromatic rings. The van der Waals surface area contributed by atoms with E-state index < -0.39 is 0 Å². The molecule has 2 aliphatic heterocycles. The highest BCUT2D eigenvalue weighted by Gasteiger charge is 2.43. The molecule has 0 saturated heterocycles. The summed E-state index contributed by atoms with van der Waals surface area (Å²) in [5.74, 6) is 0. The molecule has 0 fully saturated rings. The number of fused-ring (bicyclic) bond motifs is 8. The van der Waals surface area contributed by atoms with Gasteiger partial charge in [-0.05, 0) is 107 Å². The molecule has 0 bridgehead atoms. The second kappa shape index (κ2) is 11.7. The summed E-state index contributed by atoms with van der Waals surface area (Å²) in [4.78, 5) is 32.1. The molecule has 2 aromatic heterocycles. The van der Waals surface area contributed by atoms with Gasteiger partial charge in [0, 0.05) is 62.5 Å². The number of rotatable bonds is 2. The first-order valence-corrected chi connectivity index (χ1v) is 20.6. The molecule has 56 heavy (non-hydrogen) atoms. The van der Waals surface area contributed by atoms with Crippen LogP contribution >= 0.6 is 22.7 Å². The lowest BCUT2D eigenvalue weighted by molar-refractivity contribution is 0.615. The Balaban J connectivity index is 1.18. The molecule has 4 nitrogen and oxygen atoms in total. The van der Waals surface area contributed by atoms with Crippen molar-refractivity contribution >= 4 is 97.1 Å². The van der Waals surface area contributed by atoms with E-state index in [1.54, 1.807) is 22.7 Å². The molecule has 11 rings (SSSR count). The van der Waals surface area contributed by atoms with E-state index in [4.69, 9.17) is 0 Å². The number of hydrogen-bond donors (Lipinski definition) is 0. The van der Waals surface area contributed by atoms with Crippen molar-refractivity contribution in [1.82, 2.24) is 0 Å². The van der Waals surface area contributed by atoms with Gasteiger partial charge >= 0.3 is 0 Å². The quantitative estimate of drug-likeness (QED) is 0.165. The Kier molecular flexibility index (Phi) is 6.96. The number of nitrogens with zero attached hydrogens (tertiary/aromatic N) is 2. The maximum absolute atomic E-state index is 13.7. The lowest BCUT2D eigenvalue weighted by Crippen LogP contribution is -2.35. The molecule has 0 radical (unpaired) electrons. The fraction of sp³-hybridized carbons (Fsp3) is 0.120. The highest BCUT2D eigenvalue weighted by atomic mass is 32.1. The lowest BCUT2D eigenvalue weighted by atomic mass is 9.69. The third-order valence-electron chi connectivity index (χ3n) is 12.2. The van der Waals surface area contributed by atoms with Gasteiger partial charge in [0.1, 0.15) is 0 Å². The molecule has 0 atom stereocenters. The van der Waals surface area contributed by atoms with Crippen LogP contribution in [0.5, 0.6) is 0 Å². The Morgan fingerprint density at radius 1 is 0.375 bits per heavy atom. The van der Waals surface area contributed by atoms with Gasteiger partial charge in [0.05, 0.1) is 22.7 Å². The Bertz CT molecular complexity index is 3060. The molecule has 6 heteroatoms. The average molecular weight is 761 g/mol. The minimum atomic E-state index is -0.329. The van der Waals surface area contributed by atoms with Crippen molar-refractivity contribution in [2.45, 2.75) is 38.5 Å². The van der Waals surface area contributed by atoms with Gasteiger partial charge in [0.25, 0.3) is 0 Å². The molecule has 0 amide bonds. The van der Waals surface area contributed by atoms with Crippen molar-refractivity contribution < 1.29 is 0 Å². The zero-order valence-corrected chi connectivity index (χ0v) is 33.0. The summed E-state index contributed by atoms with van der Waals surface area (Å²) >= 11 is 3.34. The van der Waals surface area contributed by atoms with Crippen molar-refractivity contribution in [3.63, 3.8) is 0 Å². The number of para-hydroxylation sites is 2. The van der Waals surface area contributed by atoms with Gasteiger partial charge in [-0.3, -0.25) is 9.59 Å². The third kappa shape index (κ3) is 4.57. The highest BCUT2D eigenvalue weighted by Crippen LogP contribution is 2.59. The fourth-order valence-corrected chi connectivity index (χ4v) is 11.5. The van der Waals surface area contributed by atoms with Crippen LogP contribution in [0.3, 0.4) is 0 Å². The van der Waals surface area contributed by atoms with Gasteiger partial charge < -0.3 is 9.80 Å². The van der Waals surface area contributed by atoms with Gasteiger partial charge in [-0.1, -0.05) is 88.4 Å². The van der Waals surface area contributed by atoms with Crippen LogP contribution in [0.2, 0.25) is 0 Å². The fourth-order valence-electron chi connectivity index (χ4n) is 9.31. The van der Waals surface area contributed by atoms with Crippen molar-refractivity contribution in [2.24, 2.45) is 0 Å². The zero-order chi connectivity index (χ0) is 38.1. The molecule has 0 saturated carbocycles. The summed E-state index contributed by atoms with van der Waals surface area (Å²) in [6.45, 7) is 9.32. The molecule has 0 spiro atoms. The third-order valence-corrected chi connectivity index (χ3v) is 14.5. The molecule has 270 valence electrons. The summed E-state index contributed by atoms with van der Waals surface area (Å²) in [6.07, 6.45) is 0. The summed E-state index contributed by atoms with van der Waals surface area (Å²) in [7, 11) is 0. The van der Waals surface area contributed by atoms with Crippen LogP contribution in [0.25, 0.3) is 40.3 Å². The first-order valence-electron chi connectivity index (χ1n) is 19.0. The molecule has 0 aliphatic carbocycles. The zero-order valence-electron chi connectivity index (χ0n) is 31.4. The van der Waals surface area contributed by atoms with Crippen LogP contribution in [0.4, 0.5) is 34.1 Å². The van der Waals surface area contributed by atoms with Gasteiger partial charge in [-0.2, -0.15) is 0 Å². The van der Waals surface area contributed by atoms with E-state index >= 15 is 0 Å². The topological polar surface area (TPSA) is 40.6 Å². The van der Waals surface area contributed by atoms with Gasteiger partial charge in [0.15, 0.2) is 10.9 Å².